The van der Waals surface area contributed by atoms with Crippen LogP contribution >= 0.6 is 11.6 Å². The quantitative estimate of drug-likeness (QED) is 0.884. The molecule has 5 heteroatoms. The summed E-state index contributed by atoms with van der Waals surface area (Å²) in [5.41, 5.74) is 0.874. The molecule has 1 aromatic carbocycles. The van der Waals surface area contributed by atoms with Gasteiger partial charge >= 0.3 is 0 Å². The summed E-state index contributed by atoms with van der Waals surface area (Å²) in [5.74, 6) is -0.381. The van der Waals surface area contributed by atoms with Crippen LogP contribution in [0.1, 0.15) is 24.8 Å². The Bertz CT molecular complexity index is 439. The summed E-state index contributed by atoms with van der Waals surface area (Å²) in [7, 11) is 0. The molecule has 18 heavy (non-hydrogen) atoms. The average Bonchev–Trinajstić information content (AvgIpc) is 2.56. The molecule has 1 unspecified atom stereocenters. The molecular weight excluding hydrogens is 255 g/mol. The Labute approximate surface area is 111 Å². The number of hydrogen-bond acceptors (Lipinski definition) is 2. The lowest BCUT2D eigenvalue weighted by atomic mass is 10.1. The summed E-state index contributed by atoms with van der Waals surface area (Å²) in [4.78, 5) is 11.7. The molecule has 2 N–H and O–H groups in total. The van der Waals surface area contributed by atoms with Gasteiger partial charge in [-0.2, -0.15) is 0 Å². The van der Waals surface area contributed by atoms with Crippen molar-refractivity contribution in [3.8, 4) is 0 Å². The zero-order valence-corrected chi connectivity index (χ0v) is 10.8. The van der Waals surface area contributed by atoms with Gasteiger partial charge in [-0.25, -0.2) is 4.39 Å². The van der Waals surface area contributed by atoms with E-state index in [-0.39, 0.29) is 17.0 Å². The molecule has 0 aromatic heterocycles. The second kappa shape index (κ2) is 6.16. The van der Waals surface area contributed by atoms with Crippen LogP contribution in [0.5, 0.6) is 0 Å². The van der Waals surface area contributed by atoms with Crippen LogP contribution in [-0.2, 0) is 11.3 Å². The van der Waals surface area contributed by atoms with Crippen molar-refractivity contribution in [3.05, 3.63) is 34.6 Å². The highest BCUT2D eigenvalue weighted by Crippen LogP contribution is 2.16. The molecule has 0 radical (unpaired) electrons. The lowest BCUT2D eigenvalue weighted by Gasteiger charge is -2.15. The molecule has 1 aromatic rings. The third kappa shape index (κ3) is 3.43. The maximum absolute atomic E-state index is 13.0. The fourth-order valence-corrected chi connectivity index (χ4v) is 2.23. The fourth-order valence-electron chi connectivity index (χ4n) is 2.02. The van der Waals surface area contributed by atoms with Gasteiger partial charge in [0.15, 0.2) is 0 Å². The van der Waals surface area contributed by atoms with Gasteiger partial charge < -0.3 is 10.6 Å². The van der Waals surface area contributed by atoms with Gasteiger partial charge in [-0.05, 0) is 37.0 Å². The van der Waals surface area contributed by atoms with Gasteiger partial charge in [-0.1, -0.05) is 17.7 Å². The lowest BCUT2D eigenvalue weighted by molar-refractivity contribution is -0.122. The van der Waals surface area contributed by atoms with Gasteiger partial charge in [0, 0.05) is 13.1 Å². The van der Waals surface area contributed by atoms with Gasteiger partial charge in [-0.3, -0.25) is 4.79 Å². The van der Waals surface area contributed by atoms with E-state index in [0.717, 1.165) is 31.4 Å². The first-order valence-corrected chi connectivity index (χ1v) is 6.49. The van der Waals surface area contributed by atoms with Crippen LogP contribution < -0.4 is 10.6 Å². The number of rotatable bonds is 3. The van der Waals surface area contributed by atoms with E-state index in [1.165, 1.54) is 6.07 Å². The average molecular weight is 271 g/mol. The van der Waals surface area contributed by atoms with E-state index in [1.807, 2.05) is 0 Å². The van der Waals surface area contributed by atoms with Gasteiger partial charge in [0.05, 0.1) is 11.1 Å². The van der Waals surface area contributed by atoms with Crippen molar-refractivity contribution in [1.29, 1.82) is 0 Å². The summed E-state index contributed by atoms with van der Waals surface area (Å²) in [5, 5.41) is 6.16. The number of carbonyl (C=O) groups is 1. The molecule has 98 valence electrons. The van der Waals surface area contributed by atoms with Crippen LogP contribution in [0.3, 0.4) is 0 Å². The number of hydrogen-bond donors (Lipinski definition) is 2. The van der Waals surface area contributed by atoms with E-state index in [0.29, 0.717) is 6.54 Å². The summed E-state index contributed by atoms with van der Waals surface area (Å²) >= 11 is 5.71. The van der Waals surface area contributed by atoms with Gasteiger partial charge in [0.1, 0.15) is 5.82 Å². The molecule has 1 atom stereocenters. The van der Waals surface area contributed by atoms with Crippen molar-refractivity contribution >= 4 is 17.5 Å². The monoisotopic (exact) mass is 270 g/mol. The summed E-state index contributed by atoms with van der Waals surface area (Å²) < 4.78 is 13.0. The first-order valence-electron chi connectivity index (χ1n) is 6.12. The molecule has 1 aliphatic heterocycles. The van der Waals surface area contributed by atoms with Gasteiger partial charge in [-0.15, -0.1) is 0 Å². The Morgan fingerprint density at radius 3 is 3.06 bits per heavy atom. The molecule has 3 nitrogen and oxygen atoms in total. The molecular formula is C13H16ClFN2O. The Morgan fingerprint density at radius 2 is 2.28 bits per heavy atom. The van der Waals surface area contributed by atoms with Crippen LogP contribution in [0.15, 0.2) is 18.2 Å². The summed E-state index contributed by atoms with van der Waals surface area (Å²) in [6, 6.07) is 4.42. The molecule has 0 bridgehead atoms. The molecule has 0 saturated carbocycles. The van der Waals surface area contributed by atoms with E-state index >= 15 is 0 Å². The number of carbonyl (C=O) groups excluding carboxylic acids is 1. The third-order valence-electron chi connectivity index (χ3n) is 3.07. The van der Waals surface area contributed by atoms with Crippen LogP contribution in [0.25, 0.3) is 0 Å². The van der Waals surface area contributed by atoms with Crippen LogP contribution in [0.2, 0.25) is 5.02 Å². The van der Waals surface area contributed by atoms with E-state index in [2.05, 4.69) is 10.6 Å². The SMILES string of the molecule is O=C1NCCCCC1NCc1ccc(F)c(Cl)c1. The minimum absolute atomic E-state index is 0.0423. The first-order chi connectivity index (χ1) is 8.66. The van der Waals surface area contributed by atoms with Crippen molar-refractivity contribution in [2.75, 3.05) is 6.54 Å². The number of nitrogens with one attached hydrogen (secondary N) is 2. The third-order valence-corrected chi connectivity index (χ3v) is 3.36. The lowest BCUT2D eigenvalue weighted by Crippen LogP contribution is -2.42. The highest BCUT2D eigenvalue weighted by atomic mass is 35.5. The van der Waals surface area contributed by atoms with Crippen LogP contribution in [-0.4, -0.2) is 18.5 Å². The first kappa shape index (κ1) is 13.3. The van der Waals surface area contributed by atoms with Crippen LogP contribution in [0.4, 0.5) is 4.39 Å². The smallest absolute Gasteiger partial charge is 0.237 e. The van der Waals surface area contributed by atoms with Gasteiger partial charge in [0.25, 0.3) is 0 Å². The largest absolute Gasteiger partial charge is 0.355 e. The second-order valence-electron chi connectivity index (χ2n) is 4.47. The molecule has 1 heterocycles. The van der Waals surface area contributed by atoms with Crippen molar-refractivity contribution in [2.45, 2.75) is 31.8 Å². The molecule has 1 fully saturated rings. The Hall–Kier alpha value is -1.13. The van der Waals surface area contributed by atoms with Crippen molar-refractivity contribution in [1.82, 2.24) is 10.6 Å². The van der Waals surface area contributed by atoms with Crippen molar-refractivity contribution < 1.29 is 9.18 Å². The predicted molar refractivity (Wildman–Crippen MR) is 68.9 cm³/mol. The van der Waals surface area contributed by atoms with Crippen molar-refractivity contribution in [3.63, 3.8) is 0 Å². The molecule has 1 amide bonds. The number of benzene rings is 1. The minimum atomic E-state index is -0.423. The molecule has 2 rings (SSSR count). The molecule has 0 spiro atoms. The van der Waals surface area contributed by atoms with Gasteiger partial charge in [0.2, 0.25) is 5.91 Å². The maximum atomic E-state index is 13.0. The van der Waals surface area contributed by atoms with E-state index in [1.54, 1.807) is 12.1 Å². The highest BCUT2D eigenvalue weighted by Gasteiger charge is 2.19. The maximum Gasteiger partial charge on any atom is 0.237 e. The van der Waals surface area contributed by atoms with Crippen LogP contribution in [0, 0.1) is 5.82 Å². The normalized spacial score (nSPS) is 20.3. The zero-order valence-electron chi connectivity index (χ0n) is 10.0. The topological polar surface area (TPSA) is 41.1 Å². The van der Waals surface area contributed by atoms with E-state index < -0.39 is 5.82 Å². The standard InChI is InChI=1S/C13H16ClFN2O/c14-10-7-9(4-5-11(10)15)8-17-12-3-1-2-6-16-13(12)18/h4-5,7,12,17H,1-3,6,8H2,(H,16,18). The Kier molecular flexibility index (Phi) is 4.55. The van der Waals surface area contributed by atoms with Crippen molar-refractivity contribution in [2.24, 2.45) is 0 Å². The summed E-state index contributed by atoms with van der Waals surface area (Å²) in [6.45, 7) is 1.26. The summed E-state index contributed by atoms with van der Waals surface area (Å²) in [6.07, 6.45) is 2.88. The predicted octanol–water partition coefficient (Wildman–Crippen LogP) is 2.24. The fraction of sp³-hybridized carbons (Fsp3) is 0.462. The number of amides is 1. The molecule has 1 aliphatic rings. The minimum Gasteiger partial charge on any atom is -0.355 e. The second-order valence-corrected chi connectivity index (χ2v) is 4.88. The Balaban J connectivity index is 1.93. The Morgan fingerprint density at radius 1 is 1.44 bits per heavy atom. The zero-order chi connectivity index (χ0) is 13.0. The number of halogens is 2. The molecule has 1 saturated heterocycles. The highest BCUT2D eigenvalue weighted by molar-refractivity contribution is 6.30. The van der Waals surface area contributed by atoms with E-state index in [4.69, 9.17) is 11.6 Å². The van der Waals surface area contributed by atoms with E-state index in [9.17, 15) is 9.18 Å². The molecule has 0 aliphatic carbocycles.